The third-order valence-electron chi connectivity index (χ3n) is 4.69. The molecule has 3 heterocycles. The van der Waals surface area contributed by atoms with Gasteiger partial charge in [0.1, 0.15) is 5.82 Å². The fourth-order valence-corrected chi connectivity index (χ4v) is 4.06. The van der Waals surface area contributed by atoms with Gasteiger partial charge in [0.2, 0.25) is 0 Å². The number of thioether (sulfide) groups is 1. The molecule has 2 aromatic heterocycles. The summed E-state index contributed by atoms with van der Waals surface area (Å²) < 4.78 is 0. The molecule has 1 N–H and O–H groups in total. The van der Waals surface area contributed by atoms with E-state index in [4.69, 9.17) is 0 Å². The first-order valence-corrected chi connectivity index (χ1v) is 9.91. The number of hydrogen-bond donors (Lipinski definition) is 1. The summed E-state index contributed by atoms with van der Waals surface area (Å²) in [5, 5.41) is 1.30. The average Bonchev–Trinajstić information content (AvgIpc) is 3.23. The van der Waals surface area contributed by atoms with Crippen molar-refractivity contribution in [3.8, 4) is 0 Å². The normalized spacial score (nSPS) is 15.2. The van der Waals surface area contributed by atoms with E-state index < -0.39 is 0 Å². The first-order chi connectivity index (χ1) is 13.1. The Balaban J connectivity index is 1.50. The Bertz CT molecular complexity index is 1030. The van der Waals surface area contributed by atoms with E-state index in [-0.39, 0.29) is 16.7 Å². The third-order valence-corrected chi connectivity index (χ3v) is 5.75. The molecule has 138 valence electrons. The highest BCUT2D eigenvalue weighted by Crippen LogP contribution is 2.31. The van der Waals surface area contributed by atoms with Gasteiger partial charge in [-0.2, -0.15) is 0 Å². The molecule has 1 aliphatic heterocycles. The van der Waals surface area contributed by atoms with Gasteiger partial charge in [0.05, 0.1) is 26.7 Å². The highest BCUT2D eigenvalue weighted by molar-refractivity contribution is 7.99. The molecule has 1 aromatic carbocycles. The molecule has 27 heavy (non-hydrogen) atoms. The maximum absolute atomic E-state index is 12.4. The molecule has 0 spiro atoms. The van der Waals surface area contributed by atoms with Crippen LogP contribution in [0.2, 0.25) is 0 Å². The number of aromatic nitrogens is 3. The molecule has 1 atom stereocenters. The second-order valence-electron chi connectivity index (χ2n) is 6.61. The number of para-hydroxylation sites is 1. The van der Waals surface area contributed by atoms with Gasteiger partial charge in [0, 0.05) is 19.3 Å². The number of fused-ring (bicyclic) bond motifs is 1. The number of rotatable bonds is 4. The van der Waals surface area contributed by atoms with Crippen LogP contribution in [0.5, 0.6) is 0 Å². The molecule has 0 saturated carbocycles. The van der Waals surface area contributed by atoms with Gasteiger partial charge in [0.25, 0.3) is 11.5 Å². The SMILES string of the molecule is CC(Sc1ccc(C(=O)N2CCCC2)cn1)c1nc2ccccc2c(=O)[nH]1. The summed E-state index contributed by atoms with van der Waals surface area (Å²) >= 11 is 1.50. The van der Waals surface area contributed by atoms with Crippen molar-refractivity contribution in [2.45, 2.75) is 30.0 Å². The lowest BCUT2D eigenvalue weighted by Crippen LogP contribution is -2.27. The molecular weight excluding hydrogens is 360 g/mol. The second-order valence-corrected chi connectivity index (χ2v) is 7.97. The van der Waals surface area contributed by atoms with Gasteiger partial charge in [0.15, 0.2) is 0 Å². The number of carbonyl (C=O) groups is 1. The number of likely N-dealkylation sites (tertiary alicyclic amines) is 1. The molecule has 7 heteroatoms. The van der Waals surface area contributed by atoms with Gasteiger partial charge in [-0.05, 0) is 44.0 Å². The van der Waals surface area contributed by atoms with Crippen LogP contribution >= 0.6 is 11.8 Å². The maximum atomic E-state index is 12.4. The molecule has 1 saturated heterocycles. The van der Waals surface area contributed by atoms with Crippen LogP contribution in [0.3, 0.4) is 0 Å². The number of benzene rings is 1. The predicted octanol–water partition coefficient (Wildman–Crippen LogP) is 3.41. The highest BCUT2D eigenvalue weighted by atomic mass is 32.2. The van der Waals surface area contributed by atoms with E-state index in [2.05, 4.69) is 15.0 Å². The zero-order chi connectivity index (χ0) is 18.8. The minimum Gasteiger partial charge on any atom is -0.339 e. The Morgan fingerprint density at radius 1 is 1.19 bits per heavy atom. The fourth-order valence-electron chi connectivity index (χ4n) is 3.21. The van der Waals surface area contributed by atoms with Crippen molar-refractivity contribution in [1.29, 1.82) is 0 Å². The summed E-state index contributed by atoms with van der Waals surface area (Å²) in [6.07, 6.45) is 3.77. The van der Waals surface area contributed by atoms with Crippen LogP contribution in [-0.2, 0) is 0 Å². The number of amides is 1. The minimum absolute atomic E-state index is 0.0464. The molecule has 1 aliphatic rings. The van der Waals surface area contributed by atoms with Crippen LogP contribution in [0, 0.1) is 0 Å². The third kappa shape index (κ3) is 3.73. The minimum atomic E-state index is -0.137. The standard InChI is InChI=1S/C20H20N4O2S/c1-13(18-22-16-7-3-2-6-15(16)19(25)23-18)27-17-9-8-14(12-21-17)20(26)24-10-4-5-11-24/h2-3,6-9,12-13H,4-5,10-11H2,1H3,(H,22,23,25). The van der Waals surface area contributed by atoms with Gasteiger partial charge in [-0.25, -0.2) is 9.97 Å². The van der Waals surface area contributed by atoms with E-state index in [1.807, 2.05) is 42.2 Å². The van der Waals surface area contributed by atoms with Crippen LogP contribution in [0.15, 0.2) is 52.4 Å². The molecule has 1 amide bonds. The van der Waals surface area contributed by atoms with Crippen molar-refractivity contribution < 1.29 is 4.79 Å². The van der Waals surface area contributed by atoms with Crippen molar-refractivity contribution in [2.24, 2.45) is 0 Å². The quantitative estimate of drug-likeness (QED) is 0.702. The first kappa shape index (κ1) is 17.7. The number of hydrogen-bond acceptors (Lipinski definition) is 5. The van der Waals surface area contributed by atoms with Crippen LogP contribution in [-0.4, -0.2) is 38.8 Å². The van der Waals surface area contributed by atoms with Gasteiger partial charge < -0.3 is 9.88 Å². The number of carbonyl (C=O) groups excluding carboxylic acids is 1. The Morgan fingerprint density at radius 2 is 1.96 bits per heavy atom. The molecule has 0 bridgehead atoms. The largest absolute Gasteiger partial charge is 0.339 e. The lowest BCUT2D eigenvalue weighted by molar-refractivity contribution is 0.0792. The first-order valence-electron chi connectivity index (χ1n) is 9.03. The summed E-state index contributed by atoms with van der Waals surface area (Å²) in [5.74, 6) is 0.660. The molecule has 6 nitrogen and oxygen atoms in total. The molecule has 4 rings (SSSR count). The van der Waals surface area contributed by atoms with Crippen molar-refractivity contribution in [1.82, 2.24) is 19.9 Å². The molecule has 1 unspecified atom stereocenters. The van der Waals surface area contributed by atoms with Gasteiger partial charge in [-0.1, -0.05) is 23.9 Å². The Labute approximate surface area is 161 Å². The zero-order valence-corrected chi connectivity index (χ0v) is 15.8. The maximum Gasteiger partial charge on any atom is 0.258 e. The number of aromatic amines is 1. The lowest BCUT2D eigenvalue weighted by Gasteiger charge is -2.15. The van der Waals surface area contributed by atoms with E-state index >= 15 is 0 Å². The number of H-pyrrole nitrogens is 1. The topological polar surface area (TPSA) is 79.0 Å². The smallest absolute Gasteiger partial charge is 0.258 e. The van der Waals surface area contributed by atoms with Crippen molar-refractivity contribution in [2.75, 3.05) is 13.1 Å². The van der Waals surface area contributed by atoms with Crippen molar-refractivity contribution in [3.63, 3.8) is 0 Å². The van der Waals surface area contributed by atoms with Crippen molar-refractivity contribution >= 4 is 28.6 Å². The van der Waals surface area contributed by atoms with Gasteiger partial charge >= 0.3 is 0 Å². The van der Waals surface area contributed by atoms with E-state index in [1.165, 1.54) is 11.8 Å². The molecule has 1 fully saturated rings. The van der Waals surface area contributed by atoms with Crippen LogP contribution in [0.25, 0.3) is 10.9 Å². The predicted molar refractivity (Wildman–Crippen MR) is 106 cm³/mol. The molecular formula is C20H20N4O2S. The van der Waals surface area contributed by atoms with Crippen LogP contribution in [0.1, 0.15) is 41.2 Å². The highest BCUT2D eigenvalue weighted by Gasteiger charge is 2.20. The van der Waals surface area contributed by atoms with Gasteiger partial charge in [-0.3, -0.25) is 9.59 Å². The Hall–Kier alpha value is -2.67. The molecule has 0 radical (unpaired) electrons. The molecule has 0 aliphatic carbocycles. The number of pyridine rings is 1. The van der Waals surface area contributed by atoms with E-state index in [1.54, 1.807) is 12.3 Å². The lowest BCUT2D eigenvalue weighted by atomic mass is 10.2. The Morgan fingerprint density at radius 3 is 2.70 bits per heavy atom. The molecule has 3 aromatic rings. The van der Waals surface area contributed by atoms with Crippen molar-refractivity contribution in [3.05, 3.63) is 64.3 Å². The summed E-state index contributed by atoms with van der Waals surface area (Å²) in [6.45, 7) is 3.63. The second kappa shape index (κ2) is 7.52. The summed E-state index contributed by atoms with van der Waals surface area (Å²) in [6, 6.07) is 11.0. The van der Waals surface area contributed by atoms with Crippen LogP contribution < -0.4 is 5.56 Å². The van der Waals surface area contributed by atoms with E-state index in [0.29, 0.717) is 22.3 Å². The zero-order valence-electron chi connectivity index (χ0n) is 15.0. The van der Waals surface area contributed by atoms with E-state index in [9.17, 15) is 9.59 Å². The summed E-state index contributed by atoms with van der Waals surface area (Å²) in [4.78, 5) is 38.3. The fraction of sp³-hybridized carbons (Fsp3) is 0.300. The van der Waals surface area contributed by atoms with E-state index in [0.717, 1.165) is 31.0 Å². The average molecular weight is 380 g/mol. The summed E-state index contributed by atoms with van der Waals surface area (Å²) in [7, 11) is 0. The van der Waals surface area contributed by atoms with Gasteiger partial charge in [-0.15, -0.1) is 0 Å². The number of nitrogens with one attached hydrogen (secondary N) is 1. The van der Waals surface area contributed by atoms with Crippen LogP contribution in [0.4, 0.5) is 0 Å². The Kier molecular flexibility index (Phi) is 4.94. The monoisotopic (exact) mass is 380 g/mol. The summed E-state index contributed by atoms with van der Waals surface area (Å²) in [5.41, 5.74) is 1.16. The number of nitrogens with zero attached hydrogens (tertiary/aromatic N) is 3.